The van der Waals surface area contributed by atoms with Crippen LogP contribution in [0.4, 0.5) is 0 Å². The minimum Gasteiger partial charge on any atom is -0.304 e. The Kier molecular flexibility index (Phi) is 10.8. The summed E-state index contributed by atoms with van der Waals surface area (Å²) >= 11 is 0. The maximum Gasteiger partial charge on any atom is 0.236 e. The molecule has 0 unspecified atom stereocenters. The highest BCUT2D eigenvalue weighted by Gasteiger charge is 2.00. The molecule has 0 spiro atoms. The van der Waals surface area contributed by atoms with E-state index < -0.39 is 0 Å². The second-order valence-corrected chi connectivity index (χ2v) is 3.39. The molecule has 0 rings (SSSR count). The summed E-state index contributed by atoms with van der Waals surface area (Å²) in [6.45, 7) is 8.31. The number of hydrogen-bond acceptors (Lipinski definition) is 4. The van der Waals surface area contributed by atoms with Gasteiger partial charge in [-0.25, -0.2) is 11.7 Å². The van der Waals surface area contributed by atoms with Crippen molar-refractivity contribution in [1.82, 2.24) is 5.43 Å². The van der Waals surface area contributed by atoms with E-state index in [2.05, 4.69) is 4.84 Å². The van der Waals surface area contributed by atoms with Gasteiger partial charge in [-0.05, 0) is 5.92 Å². The fourth-order valence-electron chi connectivity index (χ4n) is 0.359. The minimum atomic E-state index is -0.125. The first-order chi connectivity index (χ1) is 5.95. The highest BCUT2D eigenvalue weighted by molar-refractivity contribution is 5.77. The fourth-order valence-corrected chi connectivity index (χ4v) is 0.359. The van der Waals surface area contributed by atoms with Crippen LogP contribution >= 0.6 is 0 Å². The van der Waals surface area contributed by atoms with Crippen molar-refractivity contribution >= 4 is 5.91 Å². The Morgan fingerprint density at radius 3 is 1.85 bits per heavy atom. The Bertz CT molecular complexity index is 127. The Hall–Kier alpha value is -0.650. The molecule has 0 heterocycles. The Morgan fingerprint density at radius 1 is 1.38 bits per heavy atom. The third kappa shape index (κ3) is 14.2. The monoisotopic (exact) mass is 191 g/mol. The van der Waals surface area contributed by atoms with Gasteiger partial charge in [0, 0.05) is 5.92 Å². The third-order valence-corrected chi connectivity index (χ3v) is 1.10. The van der Waals surface area contributed by atoms with E-state index in [9.17, 15) is 4.79 Å². The topological polar surface area (TPSA) is 90.4 Å². The number of nitrogens with two attached hydrogens (primary N) is 2. The van der Waals surface area contributed by atoms with E-state index in [1.165, 1.54) is 0 Å². The summed E-state index contributed by atoms with van der Waals surface area (Å²) in [4.78, 5) is 14.6. The molecule has 0 aromatic heterocycles. The molecule has 80 valence electrons. The predicted molar refractivity (Wildman–Crippen MR) is 52.1 cm³/mol. The molecule has 0 saturated carbocycles. The summed E-state index contributed by atoms with van der Waals surface area (Å²) < 4.78 is 0. The lowest BCUT2D eigenvalue weighted by atomic mass is 10.2. The number of nitrogens with one attached hydrogen (secondary N) is 1. The molecule has 0 atom stereocenters. The number of hydrogen-bond donors (Lipinski definition) is 3. The van der Waals surface area contributed by atoms with E-state index in [4.69, 9.17) is 11.7 Å². The third-order valence-electron chi connectivity index (χ3n) is 1.10. The maximum absolute atomic E-state index is 10.3. The second-order valence-electron chi connectivity index (χ2n) is 3.39. The van der Waals surface area contributed by atoms with E-state index in [1.54, 1.807) is 13.8 Å². The number of carbonyl (C=O) groups excluding carboxylic acids is 1. The van der Waals surface area contributed by atoms with Crippen LogP contribution in [0.15, 0.2) is 0 Å². The molecule has 0 radical (unpaired) electrons. The van der Waals surface area contributed by atoms with Crippen LogP contribution in [0.2, 0.25) is 0 Å². The van der Waals surface area contributed by atoms with Gasteiger partial charge >= 0.3 is 0 Å². The van der Waals surface area contributed by atoms with Crippen LogP contribution in [0.1, 0.15) is 27.7 Å². The molecular weight excluding hydrogens is 170 g/mol. The van der Waals surface area contributed by atoms with Gasteiger partial charge in [0.05, 0.1) is 6.61 Å². The van der Waals surface area contributed by atoms with Crippen LogP contribution < -0.4 is 17.2 Å². The Balaban J connectivity index is 0. The van der Waals surface area contributed by atoms with E-state index in [0.717, 1.165) is 0 Å². The first kappa shape index (κ1) is 14.9. The van der Waals surface area contributed by atoms with Crippen molar-refractivity contribution in [1.29, 1.82) is 0 Å². The summed E-state index contributed by atoms with van der Waals surface area (Å²) in [5, 5.41) is 0. The SMILES string of the molecule is CC(C)C(=O)NN.CC(C)CON. The molecule has 0 aromatic rings. The highest BCUT2D eigenvalue weighted by Crippen LogP contribution is 1.87. The Labute approximate surface area is 79.7 Å². The lowest BCUT2D eigenvalue weighted by Crippen LogP contribution is -2.33. The summed E-state index contributed by atoms with van der Waals surface area (Å²) in [7, 11) is 0. The van der Waals surface area contributed by atoms with Crippen LogP contribution in [-0.2, 0) is 9.63 Å². The van der Waals surface area contributed by atoms with Crippen molar-refractivity contribution in [3.05, 3.63) is 0 Å². The smallest absolute Gasteiger partial charge is 0.236 e. The summed E-state index contributed by atoms with van der Waals surface area (Å²) in [6.07, 6.45) is 0. The highest BCUT2D eigenvalue weighted by atomic mass is 16.6. The van der Waals surface area contributed by atoms with Crippen molar-refractivity contribution < 1.29 is 9.63 Å². The summed E-state index contributed by atoms with van der Waals surface area (Å²) in [5.41, 5.74) is 2.03. The van der Waals surface area contributed by atoms with Gasteiger partial charge in [0.2, 0.25) is 5.91 Å². The molecule has 13 heavy (non-hydrogen) atoms. The Morgan fingerprint density at radius 2 is 1.85 bits per heavy atom. The molecule has 0 saturated heterocycles. The molecule has 0 fully saturated rings. The molecule has 1 amide bonds. The van der Waals surface area contributed by atoms with Crippen LogP contribution in [0, 0.1) is 11.8 Å². The van der Waals surface area contributed by atoms with Crippen molar-refractivity contribution in [2.45, 2.75) is 27.7 Å². The van der Waals surface area contributed by atoms with Gasteiger partial charge in [0.1, 0.15) is 0 Å². The molecule has 5 N–H and O–H groups in total. The van der Waals surface area contributed by atoms with Crippen LogP contribution in [-0.4, -0.2) is 12.5 Å². The summed E-state index contributed by atoms with van der Waals surface area (Å²) in [6, 6.07) is 0. The number of rotatable bonds is 3. The second kappa shape index (κ2) is 9.44. The number of amides is 1. The summed E-state index contributed by atoms with van der Waals surface area (Å²) in [5.74, 6) is 9.92. The minimum absolute atomic E-state index is 0.00926. The standard InChI is InChI=1S/C4H10N2O.C4H11NO/c1-3(2)4(7)6-5;1-4(2)3-6-5/h3H,5H2,1-2H3,(H,6,7);4H,3,5H2,1-2H3. The van der Waals surface area contributed by atoms with Crippen molar-refractivity contribution in [3.63, 3.8) is 0 Å². The molecule has 0 aliphatic heterocycles. The van der Waals surface area contributed by atoms with E-state index >= 15 is 0 Å². The number of hydrazine groups is 1. The van der Waals surface area contributed by atoms with Gasteiger partial charge in [-0.2, -0.15) is 0 Å². The molecule has 5 nitrogen and oxygen atoms in total. The average molecular weight is 191 g/mol. The van der Waals surface area contributed by atoms with Crippen molar-refractivity contribution in [2.24, 2.45) is 23.6 Å². The molecule has 0 aliphatic rings. The maximum atomic E-state index is 10.3. The normalized spacial score (nSPS) is 9.54. The number of carbonyl (C=O) groups is 1. The average Bonchev–Trinajstić information content (AvgIpc) is 2.03. The van der Waals surface area contributed by atoms with E-state index in [1.807, 2.05) is 19.3 Å². The zero-order valence-electron chi connectivity index (χ0n) is 8.83. The molecule has 0 aromatic carbocycles. The molecular formula is C8H21N3O2. The van der Waals surface area contributed by atoms with E-state index in [-0.39, 0.29) is 11.8 Å². The first-order valence-electron chi connectivity index (χ1n) is 4.27. The van der Waals surface area contributed by atoms with Crippen LogP contribution in [0.5, 0.6) is 0 Å². The largest absolute Gasteiger partial charge is 0.304 e. The molecule has 0 bridgehead atoms. The van der Waals surface area contributed by atoms with Crippen LogP contribution in [0.3, 0.4) is 0 Å². The molecule has 5 heteroatoms. The first-order valence-corrected chi connectivity index (χ1v) is 4.27. The van der Waals surface area contributed by atoms with Crippen molar-refractivity contribution in [3.8, 4) is 0 Å². The lowest BCUT2D eigenvalue weighted by molar-refractivity contribution is -0.124. The quantitative estimate of drug-likeness (QED) is 0.337. The van der Waals surface area contributed by atoms with Crippen molar-refractivity contribution in [2.75, 3.05) is 6.61 Å². The van der Waals surface area contributed by atoms with Gasteiger partial charge < -0.3 is 4.84 Å². The predicted octanol–water partition coefficient (Wildman–Crippen LogP) is 0.165. The molecule has 0 aliphatic carbocycles. The van der Waals surface area contributed by atoms with E-state index in [0.29, 0.717) is 12.5 Å². The van der Waals surface area contributed by atoms with Gasteiger partial charge in [-0.3, -0.25) is 10.2 Å². The van der Waals surface area contributed by atoms with Gasteiger partial charge in [0.15, 0.2) is 0 Å². The van der Waals surface area contributed by atoms with Gasteiger partial charge in [0.25, 0.3) is 0 Å². The zero-order chi connectivity index (χ0) is 10.9. The van der Waals surface area contributed by atoms with Gasteiger partial charge in [-0.1, -0.05) is 27.7 Å². The fraction of sp³-hybridized carbons (Fsp3) is 0.875. The van der Waals surface area contributed by atoms with Crippen LogP contribution in [0.25, 0.3) is 0 Å². The van der Waals surface area contributed by atoms with Gasteiger partial charge in [-0.15, -0.1) is 0 Å². The lowest BCUT2D eigenvalue weighted by Gasteiger charge is -1.98. The zero-order valence-corrected chi connectivity index (χ0v) is 8.83.